The largest absolute Gasteiger partial charge is 0.396 e. The Bertz CT molecular complexity index is 265. The molecule has 2 N–H and O–H groups in total. The lowest BCUT2D eigenvalue weighted by atomic mass is 9.95. The second-order valence-electron chi connectivity index (χ2n) is 5.67. The fourth-order valence-electron chi connectivity index (χ4n) is 3.25. The van der Waals surface area contributed by atoms with Crippen molar-refractivity contribution in [1.82, 2.24) is 10.2 Å². The molecule has 0 saturated carbocycles. The van der Waals surface area contributed by atoms with Gasteiger partial charge in [0.2, 0.25) is 5.91 Å². The van der Waals surface area contributed by atoms with Crippen LogP contribution in [0.3, 0.4) is 0 Å². The van der Waals surface area contributed by atoms with Crippen molar-refractivity contribution in [2.75, 3.05) is 26.2 Å². The number of amides is 1. The van der Waals surface area contributed by atoms with Gasteiger partial charge in [-0.15, -0.1) is 0 Å². The molecule has 18 heavy (non-hydrogen) atoms. The number of hydrogen-bond acceptors (Lipinski definition) is 3. The van der Waals surface area contributed by atoms with E-state index in [2.05, 4.69) is 10.2 Å². The minimum atomic E-state index is 0.241. The monoisotopic (exact) mass is 254 g/mol. The van der Waals surface area contributed by atoms with Crippen LogP contribution in [0.5, 0.6) is 0 Å². The molecule has 2 atom stereocenters. The smallest absolute Gasteiger partial charge is 0.223 e. The predicted molar refractivity (Wildman–Crippen MR) is 71.3 cm³/mol. The van der Waals surface area contributed by atoms with Crippen molar-refractivity contribution in [2.24, 2.45) is 5.92 Å². The lowest BCUT2D eigenvalue weighted by Crippen LogP contribution is -2.39. The molecule has 2 aliphatic heterocycles. The summed E-state index contributed by atoms with van der Waals surface area (Å²) in [5.41, 5.74) is 0. The molecule has 0 aromatic heterocycles. The summed E-state index contributed by atoms with van der Waals surface area (Å²) in [5.74, 6) is 0.870. The number of likely N-dealkylation sites (tertiary alicyclic amines) is 1. The molecule has 4 heteroatoms. The Morgan fingerprint density at radius 1 is 1.33 bits per heavy atom. The van der Waals surface area contributed by atoms with E-state index in [4.69, 9.17) is 5.11 Å². The second-order valence-corrected chi connectivity index (χ2v) is 5.67. The quantitative estimate of drug-likeness (QED) is 0.773. The van der Waals surface area contributed by atoms with Crippen LogP contribution >= 0.6 is 0 Å². The van der Waals surface area contributed by atoms with Crippen molar-refractivity contribution >= 4 is 5.91 Å². The van der Waals surface area contributed by atoms with Crippen LogP contribution in [-0.2, 0) is 4.79 Å². The predicted octanol–water partition coefficient (Wildman–Crippen LogP) is 1.14. The molecule has 0 spiro atoms. The number of rotatable bonds is 5. The van der Waals surface area contributed by atoms with E-state index in [1.54, 1.807) is 0 Å². The Hall–Kier alpha value is -0.610. The third-order valence-corrected chi connectivity index (χ3v) is 4.26. The number of hydrogen-bond donors (Lipinski definition) is 2. The summed E-state index contributed by atoms with van der Waals surface area (Å²) in [4.78, 5) is 14.4. The van der Waals surface area contributed by atoms with Gasteiger partial charge in [-0.05, 0) is 57.5 Å². The first kappa shape index (κ1) is 13.8. The Kier molecular flexibility index (Phi) is 5.45. The Morgan fingerprint density at radius 2 is 2.22 bits per heavy atom. The molecule has 0 aliphatic carbocycles. The first-order chi connectivity index (χ1) is 8.81. The normalized spacial score (nSPS) is 28.6. The lowest BCUT2D eigenvalue weighted by Gasteiger charge is -2.28. The fraction of sp³-hybridized carbons (Fsp3) is 0.929. The molecule has 2 saturated heterocycles. The third-order valence-electron chi connectivity index (χ3n) is 4.26. The van der Waals surface area contributed by atoms with Gasteiger partial charge in [0.25, 0.3) is 0 Å². The van der Waals surface area contributed by atoms with Crippen molar-refractivity contribution in [3.05, 3.63) is 0 Å². The molecule has 2 heterocycles. The van der Waals surface area contributed by atoms with Gasteiger partial charge in [0.1, 0.15) is 0 Å². The minimum Gasteiger partial charge on any atom is -0.396 e. The summed E-state index contributed by atoms with van der Waals surface area (Å²) in [6.07, 6.45) is 7.13. The molecule has 0 aromatic rings. The molecule has 0 aromatic carbocycles. The van der Waals surface area contributed by atoms with Crippen LogP contribution < -0.4 is 5.32 Å². The molecule has 0 bridgehead atoms. The lowest BCUT2D eigenvalue weighted by molar-refractivity contribution is -0.133. The topological polar surface area (TPSA) is 52.6 Å². The van der Waals surface area contributed by atoms with Crippen LogP contribution in [0.25, 0.3) is 0 Å². The fourth-order valence-corrected chi connectivity index (χ4v) is 3.25. The Balaban J connectivity index is 1.79. The molecule has 2 unspecified atom stereocenters. The Labute approximate surface area is 110 Å². The van der Waals surface area contributed by atoms with E-state index in [0.29, 0.717) is 24.3 Å². The van der Waals surface area contributed by atoms with Crippen LogP contribution in [0.4, 0.5) is 0 Å². The zero-order valence-electron chi connectivity index (χ0n) is 11.2. The highest BCUT2D eigenvalue weighted by Gasteiger charge is 2.29. The highest BCUT2D eigenvalue weighted by atomic mass is 16.3. The number of carbonyl (C=O) groups is 1. The number of nitrogens with zero attached hydrogens (tertiary/aromatic N) is 1. The number of aliphatic hydroxyl groups excluding tert-OH is 1. The van der Waals surface area contributed by atoms with E-state index in [0.717, 1.165) is 45.3 Å². The van der Waals surface area contributed by atoms with Crippen molar-refractivity contribution in [3.63, 3.8) is 0 Å². The summed E-state index contributed by atoms with van der Waals surface area (Å²) in [7, 11) is 0. The highest BCUT2D eigenvalue weighted by molar-refractivity contribution is 5.77. The second kappa shape index (κ2) is 7.10. The molecule has 4 nitrogen and oxygen atoms in total. The first-order valence-corrected chi connectivity index (χ1v) is 7.42. The summed E-state index contributed by atoms with van der Waals surface area (Å²) >= 11 is 0. The maximum atomic E-state index is 12.3. The molecule has 1 amide bonds. The van der Waals surface area contributed by atoms with Gasteiger partial charge in [0.15, 0.2) is 0 Å². The summed E-state index contributed by atoms with van der Waals surface area (Å²) in [6.45, 7) is 3.27. The van der Waals surface area contributed by atoms with Gasteiger partial charge in [0.05, 0.1) is 0 Å². The standard InChI is InChI=1S/C14H26N2O2/c17-9-3-6-13-5-2-8-16(13)14(18)10-12-4-1-7-15-11-12/h12-13,15,17H,1-11H2. The van der Waals surface area contributed by atoms with E-state index in [9.17, 15) is 4.79 Å². The summed E-state index contributed by atoms with van der Waals surface area (Å²) in [6, 6.07) is 0.390. The molecule has 2 rings (SSSR count). The van der Waals surface area contributed by atoms with E-state index in [-0.39, 0.29) is 6.61 Å². The van der Waals surface area contributed by atoms with E-state index >= 15 is 0 Å². The SMILES string of the molecule is O=C(CC1CCCNC1)N1CCCC1CCCO. The van der Waals surface area contributed by atoms with Crippen molar-refractivity contribution in [2.45, 2.75) is 51.0 Å². The average molecular weight is 254 g/mol. The molecule has 2 aliphatic rings. The average Bonchev–Trinajstić information content (AvgIpc) is 2.86. The number of piperidine rings is 1. The third kappa shape index (κ3) is 3.69. The molecular formula is C14H26N2O2. The molecule has 2 fully saturated rings. The zero-order chi connectivity index (χ0) is 12.8. The molecular weight excluding hydrogens is 228 g/mol. The number of carbonyl (C=O) groups excluding carboxylic acids is 1. The first-order valence-electron chi connectivity index (χ1n) is 7.42. The molecule has 104 valence electrons. The van der Waals surface area contributed by atoms with Gasteiger partial charge >= 0.3 is 0 Å². The summed E-state index contributed by atoms with van der Waals surface area (Å²) < 4.78 is 0. The van der Waals surface area contributed by atoms with Gasteiger partial charge in [-0.25, -0.2) is 0 Å². The van der Waals surface area contributed by atoms with Gasteiger partial charge < -0.3 is 15.3 Å². The minimum absolute atomic E-state index is 0.241. The van der Waals surface area contributed by atoms with Crippen molar-refractivity contribution in [1.29, 1.82) is 0 Å². The van der Waals surface area contributed by atoms with Gasteiger partial charge in [0, 0.05) is 25.6 Å². The zero-order valence-corrected chi connectivity index (χ0v) is 11.2. The highest BCUT2D eigenvalue weighted by Crippen LogP contribution is 2.24. The van der Waals surface area contributed by atoms with Crippen LogP contribution in [0, 0.1) is 5.92 Å². The van der Waals surface area contributed by atoms with Crippen LogP contribution in [0.15, 0.2) is 0 Å². The number of nitrogens with one attached hydrogen (secondary N) is 1. The van der Waals surface area contributed by atoms with Gasteiger partial charge in [-0.1, -0.05) is 0 Å². The van der Waals surface area contributed by atoms with Crippen molar-refractivity contribution in [3.8, 4) is 0 Å². The maximum absolute atomic E-state index is 12.3. The summed E-state index contributed by atoms with van der Waals surface area (Å²) in [5, 5.41) is 12.3. The molecule has 0 radical (unpaired) electrons. The van der Waals surface area contributed by atoms with Gasteiger partial charge in [-0.3, -0.25) is 4.79 Å². The van der Waals surface area contributed by atoms with E-state index < -0.39 is 0 Å². The van der Waals surface area contributed by atoms with Crippen LogP contribution in [0.2, 0.25) is 0 Å². The van der Waals surface area contributed by atoms with Crippen molar-refractivity contribution < 1.29 is 9.90 Å². The van der Waals surface area contributed by atoms with Crippen LogP contribution in [0.1, 0.15) is 44.9 Å². The van der Waals surface area contributed by atoms with E-state index in [1.165, 1.54) is 12.8 Å². The Morgan fingerprint density at radius 3 is 2.94 bits per heavy atom. The maximum Gasteiger partial charge on any atom is 0.223 e. The van der Waals surface area contributed by atoms with Gasteiger partial charge in [-0.2, -0.15) is 0 Å². The van der Waals surface area contributed by atoms with Crippen LogP contribution in [-0.4, -0.2) is 48.2 Å². The van der Waals surface area contributed by atoms with E-state index in [1.807, 2.05) is 0 Å². The number of aliphatic hydroxyl groups is 1.